The summed E-state index contributed by atoms with van der Waals surface area (Å²) in [5.74, 6) is 0.817. The van der Waals surface area contributed by atoms with E-state index in [-0.39, 0.29) is 29.9 Å². The van der Waals surface area contributed by atoms with Crippen LogP contribution in [0, 0.1) is 0 Å². The maximum atomic E-state index is 10.3. The Labute approximate surface area is 144 Å². The van der Waals surface area contributed by atoms with Crippen molar-refractivity contribution in [2.45, 2.75) is 33.3 Å². The van der Waals surface area contributed by atoms with Gasteiger partial charge in [-0.1, -0.05) is 19.0 Å². The minimum atomic E-state index is -0.351. The van der Waals surface area contributed by atoms with Gasteiger partial charge in [0, 0.05) is 12.6 Å². The largest absolute Gasteiger partial charge is 0.508 e. The van der Waals surface area contributed by atoms with Crippen molar-refractivity contribution < 1.29 is 24.7 Å². The Morgan fingerprint density at radius 2 is 2.00 bits per heavy atom. The number of hydrogen-bond donors (Lipinski definition) is 3. The molecule has 0 saturated carbocycles. The highest BCUT2D eigenvalue weighted by Crippen LogP contribution is 2.41. The standard InChI is InChI=1S/C17H21N3O5/c1-4-20-7-12(17-18-15(8-21)24-19-17)16(25-20)11-5-10(9(2)3)13(22)6-14(11)23/h5-6,9,21-23H,4,7-8H2,1-3H3. The molecule has 1 aromatic carbocycles. The fourth-order valence-corrected chi connectivity index (χ4v) is 2.70. The molecule has 0 amide bonds. The maximum absolute atomic E-state index is 10.3. The van der Waals surface area contributed by atoms with Crippen LogP contribution in [0.15, 0.2) is 16.7 Å². The number of aliphatic hydroxyl groups excluding tert-OH is 1. The Hall–Kier alpha value is -2.58. The molecule has 8 nitrogen and oxygen atoms in total. The molecule has 8 heteroatoms. The molecule has 0 fully saturated rings. The van der Waals surface area contributed by atoms with E-state index in [2.05, 4.69) is 10.1 Å². The van der Waals surface area contributed by atoms with E-state index in [1.54, 1.807) is 11.1 Å². The molecule has 3 N–H and O–H groups in total. The van der Waals surface area contributed by atoms with Gasteiger partial charge < -0.3 is 24.7 Å². The van der Waals surface area contributed by atoms with Gasteiger partial charge in [0.05, 0.1) is 17.7 Å². The predicted octanol–water partition coefficient (Wildman–Crippen LogP) is 2.23. The first-order valence-electron chi connectivity index (χ1n) is 8.10. The zero-order valence-corrected chi connectivity index (χ0v) is 14.4. The minimum Gasteiger partial charge on any atom is -0.508 e. The Balaban J connectivity index is 2.13. The number of aromatic nitrogens is 2. The first-order chi connectivity index (χ1) is 11.9. The van der Waals surface area contributed by atoms with Gasteiger partial charge in [-0.3, -0.25) is 0 Å². The van der Waals surface area contributed by atoms with Gasteiger partial charge in [-0.15, -0.1) is 5.06 Å². The van der Waals surface area contributed by atoms with Gasteiger partial charge in [0.2, 0.25) is 5.82 Å². The van der Waals surface area contributed by atoms with Crippen molar-refractivity contribution in [2.24, 2.45) is 0 Å². The van der Waals surface area contributed by atoms with E-state index in [0.29, 0.717) is 41.4 Å². The molecule has 134 valence electrons. The van der Waals surface area contributed by atoms with Crippen molar-refractivity contribution >= 4 is 11.3 Å². The van der Waals surface area contributed by atoms with Crippen molar-refractivity contribution in [3.05, 3.63) is 35.0 Å². The van der Waals surface area contributed by atoms with Crippen LogP contribution in [0.2, 0.25) is 0 Å². The van der Waals surface area contributed by atoms with Gasteiger partial charge >= 0.3 is 0 Å². The molecular formula is C17H21N3O5. The van der Waals surface area contributed by atoms with E-state index in [9.17, 15) is 10.2 Å². The van der Waals surface area contributed by atoms with E-state index < -0.39 is 0 Å². The number of likely N-dealkylation sites (N-methyl/N-ethyl adjacent to an activating group) is 1. The van der Waals surface area contributed by atoms with Gasteiger partial charge in [-0.05, 0) is 24.5 Å². The van der Waals surface area contributed by atoms with Crippen LogP contribution in [0.3, 0.4) is 0 Å². The van der Waals surface area contributed by atoms with Crippen molar-refractivity contribution in [1.82, 2.24) is 15.2 Å². The molecule has 0 spiro atoms. The summed E-state index contributed by atoms with van der Waals surface area (Å²) in [5, 5.41) is 35.1. The van der Waals surface area contributed by atoms with E-state index in [4.69, 9.17) is 14.5 Å². The van der Waals surface area contributed by atoms with Gasteiger partial charge in [0.15, 0.2) is 5.76 Å². The number of benzene rings is 1. The number of hydrogen-bond acceptors (Lipinski definition) is 8. The van der Waals surface area contributed by atoms with E-state index >= 15 is 0 Å². The second-order valence-corrected chi connectivity index (χ2v) is 6.11. The third kappa shape index (κ3) is 3.18. The molecule has 0 bridgehead atoms. The molecule has 0 radical (unpaired) electrons. The first-order valence-corrected chi connectivity index (χ1v) is 8.10. The molecule has 1 aliphatic heterocycles. The van der Waals surface area contributed by atoms with Crippen molar-refractivity contribution in [2.75, 3.05) is 13.1 Å². The highest BCUT2D eigenvalue weighted by Gasteiger charge is 2.31. The normalized spacial score (nSPS) is 15.2. The lowest BCUT2D eigenvalue weighted by Gasteiger charge is -2.16. The molecule has 0 saturated heterocycles. The van der Waals surface area contributed by atoms with E-state index in [1.165, 1.54) is 6.07 Å². The molecule has 0 aliphatic carbocycles. The summed E-state index contributed by atoms with van der Waals surface area (Å²) in [4.78, 5) is 9.99. The Morgan fingerprint density at radius 3 is 2.60 bits per heavy atom. The van der Waals surface area contributed by atoms with Gasteiger partial charge in [0.25, 0.3) is 5.89 Å². The van der Waals surface area contributed by atoms with E-state index in [0.717, 1.165) is 0 Å². The van der Waals surface area contributed by atoms with Crippen LogP contribution >= 0.6 is 0 Å². The average Bonchev–Trinajstić information content (AvgIpc) is 3.20. The predicted molar refractivity (Wildman–Crippen MR) is 89.2 cm³/mol. The summed E-state index contributed by atoms with van der Waals surface area (Å²) in [6, 6.07) is 3.01. The van der Waals surface area contributed by atoms with Crippen LogP contribution in [-0.2, 0) is 11.4 Å². The fraction of sp³-hybridized carbons (Fsp3) is 0.412. The summed E-state index contributed by atoms with van der Waals surface area (Å²) in [6.07, 6.45) is 0. The number of aliphatic hydroxyl groups is 1. The number of phenols is 2. The zero-order chi connectivity index (χ0) is 18.1. The van der Waals surface area contributed by atoms with Crippen molar-refractivity contribution in [1.29, 1.82) is 0 Å². The minimum absolute atomic E-state index is 0.0332. The highest BCUT2D eigenvalue weighted by atomic mass is 16.7. The molecule has 25 heavy (non-hydrogen) atoms. The zero-order valence-electron chi connectivity index (χ0n) is 14.4. The van der Waals surface area contributed by atoms with E-state index in [1.807, 2.05) is 20.8 Å². The molecule has 0 unspecified atom stereocenters. The summed E-state index contributed by atoms with van der Waals surface area (Å²) in [6.45, 7) is 6.51. The average molecular weight is 347 g/mol. The first kappa shape index (κ1) is 17.2. The monoisotopic (exact) mass is 347 g/mol. The van der Waals surface area contributed by atoms with Crippen LogP contribution in [0.5, 0.6) is 11.5 Å². The molecule has 1 aliphatic rings. The highest BCUT2D eigenvalue weighted by molar-refractivity contribution is 5.89. The molecule has 0 atom stereocenters. The van der Waals surface area contributed by atoms with Gasteiger partial charge in [-0.25, -0.2) is 0 Å². The lowest BCUT2D eigenvalue weighted by molar-refractivity contribution is -0.0556. The Bertz CT molecular complexity index is 813. The summed E-state index contributed by atoms with van der Waals surface area (Å²) in [7, 11) is 0. The second kappa shape index (κ2) is 6.73. The lowest BCUT2D eigenvalue weighted by atomic mass is 9.97. The van der Waals surface area contributed by atoms with Crippen LogP contribution < -0.4 is 0 Å². The molecule has 2 heterocycles. The van der Waals surface area contributed by atoms with Crippen LogP contribution in [0.4, 0.5) is 0 Å². The maximum Gasteiger partial charge on any atom is 0.252 e. The van der Waals surface area contributed by atoms with Crippen LogP contribution in [0.1, 0.15) is 49.5 Å². The second-order valence-electron chi connectivity index (χ2n) is 6.11. The smallest absolute Gasteiger partial charge is 0.252 e. The fourth-order valence-electron chi connectivity index (χ4n) is 2.70. The quantitative estimate of drug-likeness (QED) is 0.755. The number of nitrogens with zero attached hydrogens (tertiary/aromatic N) is 3. The molecule has 2 aromatic rings. The number of phenolic OH excluding ortho intramolecular Hbond substituents is 2. The summed E-state index contributed by atoms with van der Waals surface area (Å²) in [5.41, 5.74) is 1.78. The molecule has 1 aromatic heterocycles. The topological polar surface area (TPSA) is 112 Å². The van der Waals surface area contributed by atoms with Crippen molar-refractivity contribution in [3.8, 4) is 11.5 Å². The number of aromatic hydroxyl groups is 2. The third-order valence-corrected chi connectivity index (χ3v) is 4.07. The van der Waals surface area contributed by atoms with Gasteiger partial charge in [-0.2, -0.15) is 4.98 Å². The SMILES string of the molecule is CCN1CC(c2noc(CO)n2)=C(c2cc(C(C)C)c(O)cc2O)O1. The van der Waals surface area contributed by atoms with Crippen LogP contribution in [0.25, 0.3) is 11.3 Å². The van der Waals surface area contributed by atoms with Crippen LogP contribution in [-0.4, -0.2) is 43.6 Å². The van der Waals surface area contributed by atoms with Crippen molar-refractivity contribution in [3.63, 3.8) is 0 Å². The molecule has 3 rings (SSSR count). The number of rotatable bonds is 5. The lowest BCUT2D eigenvalue weighted by Crippen LogP contribution is -2.18. The molecular weight excluding hydrogens is 326 g/mol. The Kier molecular flexibility index (Phi) is 4.65. The Morgan fingerprint density at radius 1 is 1.24 bits per heavy atom. The number of hydroxylamine groups is 2. The summed E-state index contributed by atoms with van der Waals surface area (Å²) >= 11 is 0. The third-order valence-electron chi connectivity index (χ3n) is 4.07. The summed E-state index contributed by atoms with van der Waals surface area (Å²) < 4.78 is 4.97. The van der Waals surface area contributed by atoms with Gasteiger partial charge in [0.1, 0.15) is 18.1 Å².